The molecule has 1 saturated heterocycles. The second kappa shape index (κ2) is 5.62. The highest BCUT2D eigenvalue weighted by Crippen LogP contribution is 2.39. The molecular formula is C16H27BN2O2. The van der Waals surface area contributed by atoms with Gasteiger partial charge in [0.2, 0.25) is 0 Å². The van der Waals surface area contributed by atoms with Crippen LogP contribution in [0.5, 0.6) is 0 Å². The SMILES string of the molecule is CCC1=CC(B2OC(C)(C)C(C)(C)O2)=CN=C(N(C)C)C1. The van der Waals surface area contributed by atoms with Gasteiger partial charge in [0.15, 0.2) is 0 Å². The van der Waals surface area contributed by atoms with Crippen molar-refractivity contribution < 1.29 is 9.31 Å². The first-order valence-electron chi connectivity index (χ1n) is 7.65. The van der Waals surface area contributed by atoms with Crippen LogP contribution in [0.1, 0.15) is 47.5 Å². The average molecular weight is 290 g/mol. The number of amidine groups is 1. The van der Waals surface area contributed by atoms with Gasteiger partial charge in [0, 0.05) is 32.2 Å². The summed E-state index contributed by atoms with van der Waals surface area (Å²) >= 11 is 0. The number of hydrogen-bond donors (Lipinski definition) is 0. The lowest BCUT2D eigenvalue weighted by Crippen LogP contribution is -2.41. The minimum absolute atomic E-state index is 0.320. The summed E-state index contributed by atoms with van der Waals surface area (Å²) in [5, 5.41) is 0. The van der Waals surface area contributed by atoms with Crippen LogP contribution in [0.15, 0.2) is 28.3 Å². The fourth-order valence-corrected chi connectivity index (χ4v) is 2.33. The summed E-state index contributed by atoms with van der Waals surface area (Å²) < 4.78 is 12.3. The van der Waals surface area contributed by atoms with E-state index in [1.807, 2.05) is 20.3 Å². The lowest BCUT2D eigenvalue weighted by Gasteiger charge is -2.32. The van der Waals surface area contributed by atoms with Gasteiger partial charge in [-0.3, -0.25) is 0 Å². The van der Waals surface area contributed by atoms with Crippen molar-refractivity contribution in [3.8, 4) is 0 Å². The van der Waals surface area contributed by atoms with Crippen LogP contribution in [0.4, 0.5) is 0 Å². The topological polar surface area (TPSA) is 34.1 Å². The summed E-state index contributed by atoms with van der Waals surface area (Å²) in [6, 6.07) is 0. The smallest absolute Gasteiger partial charge is 0.399 e. The van der Waals surface area contributed by atoms with Crippen molar-refractivity contribution in [3.63, 3.8) is 0 Å². The zero-order chi connectivity index (χ0) is 15.8. The van der Waals surface area contributed by atoms with E-state index in [-0.39, 0.29) is 18.3 Å². The Morgan fingerprint density at radius 1 is 1.19 bits per heavy atom. The Morgan fingerprint density at radius 2 is 1.76 bits per heavy atom. The van der Waals surface area contributed by atoms with E-state index in [0.717, 1.165) is 24.1 Å². The molecule has 2 aliphatic rings. The molecule has 0 saturated carbocycles. The van der Waals surface area contributed by atoms with E-state index < -0.39 is 0 Å². The molecule has 0 atom stereocenters. The average Bonchev–Trinajstić information content (AvgIpc) is 2.56. The first kappa shape index (κ1) is 16.3. The molecule has 0 amide bonds. The Morgan fingerprint density at radius 3 is 2.24 bits per heavy atom. The third kappa shape index (κ3) is 3.24. The van der Waals surface area contributed by atoms with Crippen LogP contribution in [-0.2, 0) is 9.31 Å². The molecule has 0 spiro atoms. The van der Waals surface area contributed by atoms with Gasteiger partial charge in [-0.15, -0.1) is 0 Å². The van der Waals surface area contributed by atoms with Crippen molar-refractivity contribution in [3.05, 3.63) is 23.3 Å². The van der Waals surface area contributed by atoms with Crippen LogP contribution in [0.2, 0.25) is 0 Å². The lowest BCUT2D eigenvalue weighted by atomic mass is 9.77. The van der Waals surface area contributed by atoms with E-state index in [0.29, 0.717) is 0 Å². The third-order valence-electron chi connectivity index (χ3n) is 4.61. The molecular weight excluding hydrogens is 263 g/mol. The van der Waals surface area contributed by atoms with Gasteiger partial charge in [0.05, 0.1) is 11.2 Å². The fourth-order valence-electron chi connectivity index (χ4n) is 2.33. The number of nitrogens with zero attached hydrogens (tertiary/aromatic N) is 2. The fraction of sp³-hybridized carbons (Fsp3) is 0.688. The van der Waals surface area contributed by atoms with E-state index in [9.17, 15) is 0 Å². The molecule has 116 valence electrons. The standard InChI is InChI=1S/C16H27BN2O2/c1-8-12-9-13(11-18-14(10-12)19(6)7)17-20-15(2,3)16(4,5)21-17/h9,11H,8,10H2,1-7H3. The van der Waals surface area contributed by atoms with Crippen molar-refractivity contribution in [2.24, 2.45) is 4.99 Å². The largest absolute Gasteiger partial charge is 0.496 e. The molecule has 0 aliphatic carbocycles. The van der Waals surface area contributed by atoms with Crippen molar-refractivity contribution in [1.82, 2.24) is 4.90 Å². The molecule has 0 aromatic heterocycles. The minimum atomic E-state index is -0.346. The molecule has 2 rings (SSSR count). The van der Waals surface area contributed by atoms with Gasteiger partial charge in [-0.05, 0) is 34.1 Å². The van der Waals surface area contributed by atoms with Crippen LogP contribution in [-0.4, -0.2) is 43.2 Å². The Balaban J connectivity index is 2.31. The molecule has 0 aromatic carbocycles. The Hall–Kier alpha value is -1.07. The van der Waals surface area contributed by atoms with Crippen molar-refractivity contribution in [1.29, 1.82) is 0 Å². The van der Waals surface area contributed by atoms with Gasteiger partial charge in [-0.1, -0.05) is 18.6 Å². The number of hydrogen-bond acceptors (Lipinski definition) is 4. The molecule has 5 heteroatoms. The Kier molecular flexibility index (Phi) is 4.36. The predicted molar refractivity (Wildman–Crippen MR) is 88.3 cm³/mol. The summed E-state index contributed by atoms with van der Waals surface area (Å²) in [7, 11) is 3.71. The second-order valence-electron chi connectivity index (χ2n) is 6.99. The van der Waals surface area contributed by atoms with Gasteiger partial charge in [-0.25, -0.2) is 4.99 Å². The summed E-state index contributed by atoms with van der Waals surface area (Å²) in [6.45, 7) is 10.5. The third-order valence-corrected chi connectivity index (χ3v) is 4.61. The van der Waals surface area contributed by atoms with Crippen LogP contribution in [0.3, 0.4) is 0 Å². The van der Waals surface area contributed by atoms with Gasteiger partial charge in [-0.2, -0.15) is 0 Å². The zero-order valence-corrected chi connectivity index (χ0v) is 14.4. The first-order chi connectivity index (χ1) is 9.66. The van der Waals surface area contributed by atoms with Crippen molar-refractivity contribution >= 4 is 13.0 Å². The summed E-state index contributed by atoms with van der Waals surface area (Å²) in [6.07, 6.45) is 5.95. The van der Waals surface area contributed by atoms with E-state index in [4.69, 9.17) is 9.31 Å². The quantitative estimate of drug-likeness (QED) is 0.732. The van der Waals surface area contributed by atoms with E-state index >= 15 is 0 Å². The van der Waals surface area contributed by atoms with Gasteiger partial charge in [0.1, 0.15) is 5.84 Å². The second-order valence-corrected chi connectivity index (χ2v) is 6.99. The van der Waals surface area contributed by atoms with Crippen LogP contribution in [0, 0.1) is 0 Å². The molecule has 0 unspecified atom stereocenters. The molecule has 0 bridgehead atoms. The van der Waals surface area contributed by atoms with E-state index in [2.05, 4.69) is 50.6 Å². The highest BCUT2D eigenvalue weighted by molar-refractivity contribution is 6.55. The maximum Gasteiger partial charge on any atom is 0.496 e. The maximum absolute atomic E-state index is 6.13. The molecule has 4 nitrogen and oxygen atoms in total. The molecule has 2 aliphatic heterocycles. The van der Waals surface area contributed by atoms with Gasteiger partial charge < -0.3 is 14.2 Å². The Labute approximate surface area is 129 Å². The number of allylic oxidation sites excluding steroid dienone is 2. The summed E-state index contributed by atoms with van der Waals surface area (Å²) in [5.74, 6) is 1.06. The first-order valence-corrected chi connectivity index (χ1v) is 7.65. The molecule has 1 fully saturated rings. The van der Waals surface area contributed by atoms with E-state index in [1.165, 1.54) is 5.57 Å². The van der Waals surface area contributed by atoms with Crippen LogP contribution >= 0.6 is 0 Å². The van der Waals surface area contributed by atoms with Crippen LogP contribution < -0.4 is 0 Å². The predicted octanol–water partition coefficient (Wildman–Crippen LogP) is 3.20. The van der Waals surface area contributed by atoms with E-state index in [1.54, 1.807) is 0 Å². The van der Waals surface area contributed by atoms with Crippen LogP contribution in [0.25, 0.3) is 0 Å². The van der Waals surface area contributed by atoms with Crippen molar-refractivity contribution in [2.75, 3.05) is 14.1 Å². The maximum atomic E-state index is 6.13. The highest BCUT2D eigenvalue weighted by atomic mass is 16.7. The zero-order valence-electron chi connectivity index (χ0n) is 14.4. The normalized spacial score (nSPS) is 24.1. The molecule has 0 aromatic rings. The minimum Gasteiger partial charge on any atom is -0.399 e. The van der Waals surface area contributed by atoms with Crippen molar-refractivity contribution in [2.45, 2.75) is 58.7 Å². The molecule has 0 radical (unpaired) electrons. The lowest BCUT2D eigenvalue weighted by molar-refractivity contribution is 0.00578. The molecule has 21 heavy (non-hydrogen) atoms. The van der Waals surface area contributed by atoms with Gasteiger partial charge in [0.25, 0.3) is 0 Å². The number of rotatable bonds is 2. The molecule has 0 N–H and O–H groups in total. The summed E-state index contributed by atoms with van der Waals surface area (Å²) in [4.78, 5) is 6.67. The molecule has 2 heterocycles. The highest BCUT2D eigenvalue weighted by Gasteiger charge is 2.52. The Bertz CT molecular complexity index is 488. The monoisotopic (exact) mass is 290 g/mol. The summed E-state index contributed by atoms with van der Waals surface area (Å²) in [5.41, 5.74) is 1.71. The number of aliphatic imine (C=N–C) groups is 1. The van der Waals surface area contributed by atoms with Gasteiger partial charge >= 0.3 is 7.12 Å².